The van der Waals surface area contributed by atoms with Gasteiger partial charge in [-0.15, -0.1) is 0 Å². The first kappa shape index (κ1) is 14.6. The molecule has 1 atom stereocenters. The number of amides is 1. The van der Waals surface area contributed by atoms with Crippen LogP contribution in [0, 0.1) is 5.41 Å². The molecule has 1 aliphatic carbocycles. The topological polar surface area (TPSA) is 64.8 Å². The molecule has 19 heavy (non-hydrogen) atoms. The van der Waals surface area contributed by atoms with Gasteiger partial charge in [-0.1, -0.05) is 0 Å². The Morgan fingerprint density at radius 2 is 2.05 bits per heavy atom. The van der Waals surface area contributed by atoms with E-state index in [1.165, 1.54) is 0 Å². The van der Waals surface area contributed by atoms with E-state index in [9.17, 15) is 4.79 Å². The molecule has 5 heteroatoms. The average molecular weight is 270 g/mol. The van der Waals surface area contributed by atoms with Crippen molar-refractivity contribution >= 4 is 6.09 Å². The smallest absolute Gasteiger partial charge is 0.410 e. The summed E-state index contributed by atoms with van der Waals surface area (Å²) in [6.07, 6.45) is 5.23. The largest absolute Gasteiger partial charge is 0.444 e. The van der Waals surface area contributed by atoms with Gasteiger partial charge in [-0.05, 0) is 52.9 Å². The predicted octanol–water partition coefficient (Wildman–Crippen LogP) is 2.45. The summed E-state index contributed by atoms with van der Waals surface area (Å²) in [6, 6.07) is 0.222. The Balaban J connectivity index is 2.06. The molecule has 1 saturated heterocycles. The van der Waals surface area contributed by atoms with Crippen LogP contribution in [0.25, 0.3) is 0 Å². The first-order valence-corrected chi connectivity index (χ1v) is 7.19. The molecule has 2 rings (SSSR count). The third-order valence-corrected chi connectivity index (χ3v) is 4.10. The van der Waals surface area contributed by atoms with Gasteiger partial charge in [-0.25, -0.2) is 10.7 Å². The van der Waals surface area contributed by atoms with Gasteiger partial charge in [0.05, 0.1) is 6.61 Å². The predicted molar refractivity (Wildman–Crippen MR) is 72.4 cm³/mol. The minimum Gasteiger partial charge on any atom is -0.444 e. The molecule has 1 amide bonds. The van der Waals surface area contributed by atoms with Gasteiger partial charge in [0.25, 0.3) is 0 Å². The van der Waals surface area contributed by atoms with Gasteiger partial charge in [-0.3, -0.25) is 0 Å². The number of likely N-dealkylation sites (tertiary alicyclic amines) is 1. The Morgan fingerprint density at radius 3 is 2.58 bits per heavy atom. The van der Waals surface area contributed by atoms with E-state index in [0.717, 1.165) is 38.6 Å². The molecular formula is C14H26N2O3. The summed E-state index contributed by atoms with van der Waals surface area (Å²) < 4.78 is 5.52. The maximum atomic E-state index is 12.3. The molecule has 2 fully saturated rings. The van der Waals surface area contributed by atoms with Gasteiger partial charge in [0.15, 0.2) is 0 Å². The van der Waals surface area contributed by atoms with Crippen LogP contribution in [-0.2, 0) is 9.57 Å². The first-order valence-electron chi connectivity index (χ1n) is 7.19. The van der Waals surface area contributed by atoms with E-state index in [4.69, 9.17) is 15.5 Å². The Morgan fingerprint density at radius 1 is 1.37 bits per heavy atom. The molecule has 1 aliphatic heterocycles. The highest BCUT2D eigenvalue weighted by Gasteiger charge is 2.53. The summed E-state index contributed by atoms with van der Waals surface area (Å²) in [5, 5.41) is 0. The second kappa shape index (κ2) is 5.29. The third-order valence-electron chi connectivity index (χ3n) is 4.10. The molecule has 1 heterocycles. The van der Waals surface area contributed by atoms with E-state index in [2.05, 4.69) is 0 Å². The van der Waals surface area contributed by atoms with Gasteiger partial charge >= 0.3 is 6.09 Å². The number of hydrogen-bond donors (Lipinski definition) is 1. The van der Waals surface area contributed by atoms with Crippen molar-refractivity contribution in [1.29, 1.82) is 0 Å². The molecule has 0 radical (unpaired) electrons. The summed E-state index contributed by atoms with van der Waals surface area (Å²) in [5.74, 6) is 5.25. The normalized spacial score (nSPS) is 26.1. The van der Waals surface area contributed by atoms with E-state index in [-0.39, 0.29) is 17.6 Å². The van der Waals surface area contributed by atoms with Crippen LogP contribution < -0.4 is 5.90 Å². The summed E-state index contributed by atoms with van der Waals surface area (Å²) >= 11 is 0. The van der Waals surface area contributed by atoms with Crippen molar-refractivity contribution in [1.82, 2.24) is 4.90 Å². The number of carbonyl (C=O) groups excluding carboxylic acids is 1. The highest BCUT2D eigenvalue weighted by Crippen LogP contribution is 2.53. The maximum Gasteiger partial charge on any atom is 0.410 e. The SMILES string of the molecule is CC(C)(C)OC(=O)N1CCCCC1C1(CON)CC1. The maximum absolute atomic E-state index is 12.3. The zero-order valence-electron chi connectivity index (χ0n) is 12.3. The van der Waals surface area contributed by atoms with Crippen molar-refractivity contribution in [3.8, 4) is 0 Å². The van der Waals surface area contributed by atoms with E-state index < -0.39 is 5.60 Å². The van der Waals surface area contributed by atoms with Crippen molar-refractivity contribution < 1.29 is 14.4 Å². The van der Waals surface area contributed by atoms with Gasteiger partial charge < -0.3 is 14.5 Å². The Hall–Kier alpha value is -0.810. The van der Waals surface area contributed by atoms with Gasteiger partial charge in [0, 0.05) is 18.0 Å². The zero-order chi connectivity index (χ0) is 14.1. The van der Waals surface area contributed by atoms with E-state index in [1.54, 1.807) is 0 Å². The highest BCUT2D eigenvalue weighted by molar-refractivity contribution is 5.69. The summed E-state index contributed by atoms with van der Waals surface area (Å²) in [7, 11) is 0. The first-order chi connectivity index (χ1) is 8.88. The quantitative estimate of drug-likeness (QED) is 0.800. The van der Waals surface area contributed by atoms with Crippen LogP contribution >= 0.6 is 0 Å². The monoisotopic (exact) mass is 270 g/mol. The second-order valence-electron chi connectivity index (χ2n) is 6.86. The second-order valence-corrected chi connectivity index (χ2v) is 6.86. The van der Waals surface area contributed by atoms with E-state index >= 15 is 0 Å². The average Bonchev–Trinajstić information content (AvgIpc) is 3.08. The molecule has 2 aliphatic rings. The van der Waals surface area contributed by atoms with Crippen LogP contribution in [0.15, 0.2) is 0 Å². The zero-order valence-corrected chi connectivity index (χ0v) is 12.3. The lowest BCUT2D eigenvalue weighted by molar-refractivity contribution is -0.0164. The van der Waals surface area contributed by atoms with Crippen LogP contribution in [0.4, 0.5) is 4.79 Å². The van der Waals surface area contributed by atoms with Crippen molar-refractivity contribution in [3.05, 3.63) is 0 Å². The number of hydrogen-bond acceptors (Lipinski definition) is 4. The molecular weight excluding hydrogens is 244 g/mol. The number of nitrogens with two attached hydrogens (primary N) is 1. The Kier molecular flexibility index (Phi) is 4.06. The van der Waals surface area contributed by atoms with Crippen molar-refractivity contribution in [2.45, 2.75) is 64.5 Å². The molecule has 2 N–H and O–H groups in total. The summed E-state index contributed by atoms with van der Waals surface area (Å²) in [6.45, 7) is 7.03. The van der Waals surface area contributed by atoms with Gasteiger partial charge in [0.2, 0.25) is 0 Å². The summed E-state index contributed by atoms with van der Waals surface area (Å²) in [5.41, 5.74) is -0.369. The number of piperidine rings is 1. The van der Waals surface area contributed by atoms with E-state index in [1.807, 2.05) is 25.7 Å². The molecule has 1 unspecified atom stereocenters. The van der Waals surface area contributed by atoms with Crippen LogP contribution in [0.5, 0.6) is 0 Å². The fraction of sp³-hybridized carbons (Fsp3) is 0.929. The molecule has 0 spiro atoms. The lowest BCUT2D eigenvalue weighted by atomic mass is 9.88. The van der Waals surface area contributed by atoms with Crippen molar-refractivity contribution in [3.63, 3.8) is 0 Å². The third kappa shape index (κ3) is 3.39. The lowest BCUT2D eigenvalue weighted by Crippen LogP contribution is -2.51. The number of nitrogens with zero attached hydrogens (tertiary/aromatic N) is 1. The summed E-state index contributed by atoms with van der Waals surface area (Å²) in [4.78, 5) is 19.1. The van der Waals surface area contributed by atoms with Crippen LogP contribution in [0.2, 0.25) is 0 Å². The molecule has 5 nitrogen and oxygen atoms in total. The van der Waals surface area contributed by atoms with Crippen LogP contribution in [-0.4, -0.2) is 35.8 Å². The van der Waals surface area contributed by atoms with Crippen LogP contribution in [0.3, 0.4) is 0 Å². The van der Waals surface area contributed by atoms with E-state index in [0.29, 0.717) is 6.61 Å². The molecule has 1 saturated carbocycles. The fourth-order valence-corrected chi connectivity index (χ4v) is 3.01. The molecule has 0 aromatic carbocycles. The Labute approximate surface area is 115 Å². The van der Waals surface area contributed by atoms with Gasteiger partial charge in [-0.2, -0.15) is 0 Å². The van der Waals surface area contributed by atoms with Crippen molar-refractivity contribution in [2.75, 3.05) is 13.2 Å². The minimum absolute atomic E-state index is 0.0755. The standard InChI is InChI=1S/C14H26N2O3/c1-13(2,3)19-12(17)16-9-5-4-6-11(16)14(7-8-14)10-18-15/h11H,4-10,15H2,1-3H3. The lowest BCUT2D eigenvalue weighted by Gasteiger charge is -2.41. The molecule has 0 aromatic heterocycles. The number of rotatable bonds is 3. The molecule has 0 bridgehead atoms. The number of ether oxygens (including phenoxy) is 1. The van der Waals surface area contributed by atoms with Crippen LogP contribution in [0.1, 0.15) is 52.9 Å². The molecule has 0 aromatic rings. The minimum atomic E-state index is -0.444. The Bertz CT molecular complexity index is 334. The number of carbonyl (C=O) groups is 1. The van der Waals surface area contributed by atoms with Gasteiger partial charge in [0.1, 0.15) is 5.60 Å². The highest BCUT2D eigenvalue weighted by atomic mass is 16.6. The molecule has 110 valence electrons. The fourth-order valence-electron chi connectivity index (χ4n) is 3.01. The van der Waals surface area contributed by atoms with Crippen molar-refractivity contribution in [2.24, 2.45) is 11.3 Å².